The van der Waals surface area contributed by atoms with Gasteiger partial charge in [-0.3, -0.25) is 0 Å². The van der Waals surface area contributed by atoms with Gasteiger partial charge < -0.3 is 9.64 Å². The molecule has 0 aromatic carbocycles. The molecule has 4 nitrogen and oxygen atoms in total. The minimum Gasteiger partial charge on any atom is -0.377 e. The van der Waals surface area contributed by atoms with Gasteiger partial charge in [0, 0.05) is 25.6 Å². The van der Waals surface area contributed by atoms with Crippen molar-refractivity contribution in [3.63, 3.8) is 0 Å². The second kappa shape index (κ2) is 7.04. The van der Waals surface area contributed by atoms with E-state index in [1.807, 2.05) is 27.0 Å². The van der Waals surface area contributed by atoms with E-state index in [0.29, 0.717) is 12.5 Å². The first-order valence-corrected chi connectivity index (χ1v) is 7.06. The summed E-state index contributed by atoms with van der Waals surface area (Å²) in [5, 5.41) is 0. The van der Waals surface area contributed by atoms with Crippen molar-refractivity contribution in [1.82, 2.24) is 9.97 Å². The number of hydrogen-bond donors (Lipinski definition) is 0. The molecule has 0 N–H and O–H groups in total. The monoisotopic (exact) mass is 315 g/mol. The van der Waals surface area contributed by atoms with Crippen molar-refractivity contribution >= 4 is 21.7 Å². The summed E-state index contributed by atoms with van der Waals surface area (Å²) in [4.78, 5) is 11.0. The smallest absolute Gasteiger partial charge is 0.134 e. The summed E-state index contributed by atoms with van der Waals surface area (Å²) in [6.45, 7) is 9.78. The SMILES string of the molecule is CC(C)OCCN(C)c1cc(Br)nc(C(C)C)n1. The van der Waals surface area contributed by atoms with Gasteiger partial charge in [-0.1, -0.05) is 13.8 Å². The van der Waals surface area contributed by atoms with Crippen molar-refractivity contribution < 1.29 is 4.74 Å². The van der Waals surface area contributed by atoms with Gasteiger partial charge in [-0.05, 0) is 29.8 Å². The van der Waals surface area contributed by atoms with Gasteiger partial charge in [0.15, 0.2) is 0 Å². The Hall–Kier alpha value is -0.680. The van der Waals surface area contributed by atoms with Gasteiger partial charge >= 0.3 is 0 Å². The number of rotatable bonds is 6. The molecule has 0 bridgehead atoms. The Bertz CT molecular complexity index is 382. The third-order valence-corrected chi connectivity index (χ3v) is 2.89. The lowest BCUT2D eigenvalue weighted by Crippen LogP contribution is -2.25. The van der Waals surface area contributed by atoms with Crippen LogP contribution in [0.5, 0.6) is 0 Å². The van der Waals surface area contributed by atoms with Gasteiger partial charge in [0.25, 0.3) is 0 Å². The van der Waals surface area contributed by atoms with E-state index in [-0.39, 0.29) is 6.10 Å². The normalized spacial score (nSPS) is 11.3. The van der Waals surface area contributed by atoms with Crippen molar-refractivity contribution in [1.29, 1.82) is 0 Å². The van der Waals surface area contributed by atoms with Crippen LogP contribution in [0, 0.1) is 0 Å². The largest absolute Gasteiger partial charge is 0.377 e. The summed E-state index contributed by atoms with van der Waals surface area (Å²) in [6, 6.07) is 1.93. The van der Waals surface area contributed by atoms with Crippen LogP contribution in [0.15, 0.2) is 10.7 Å². The zero-order valence-electron chi connectivity index (χ0n) is 11.8. The Kier molecular flexibility index (Phi) is 6.02. The molecule has 102 valence electrons. The Morgan fingerprint density at radius 1 is 1.28 bits per heavy atom. The molecule has 0 aliphatic rings. The van der Waals surface area contributed by atoms with Crippen LogP contribution < -0.4 is 4.90 Å². The molecule has 0 saturated carbocycles. The fraction of sp³-hybridized carbons (Fsp3) is 0.692. The quantitative estimate of drug-likeness (QED) is 0.755. The van der Waals surface area contributed by atoms with Gasteiger partial charge in [-0.2, -0.15) is 0 Å². The lowest BCUT2D eigenvalue weighted by molar-refractivity contribution is 0.0845. The van der Waals surface area contributed by atoms with E-state index in [1.165, 1.54) is 0 Å². The average Bonchev–Trinajstić information content (AvgIpc) is 2.27. The van der Waals surface area contributed by atoms with E-state index < -0.39 is 0 Å². The first-order valence-electron chi connectivity index (χ1n) is 6.27. The molecule has 0 spiro atoms. The number of nitrogens with zero attached hydrogens (tertiary/aromatic N) is 3. The first kappa shape index (κ1) is 15.4. The predicted molar refractivity (Wildman–Crippen MR) is 78.2 cm³/mol. The van der Waals surface area contributed by atoms with Crippen LogP contribution >= 0.6 is 15.9 Å². The van der Waals surface area contributed by atoms with E-state index in [4.69, 9.17) is 4.74 Å². The van der Waals surface area contributed by atoms with Crippen molar-refractivity contribution in [2.24, 2.45) is 0 Å². The molecule has 0 unspecified atom stereocenters. The minimum absolute atomic E-state index is 0.266. The van der Waals surface area contributed by atoms with Crippen molar-refractivity contribution in [2.45, 2.75) is 39.7 Å². The number of halogens is 1. The number of hydrogen-bond acceptors (Lipinski definition) is 4. The highest BCUT2D eigenvalue weighted by molar-refractivity contribution is 9.10. The Morgan fingerprint density at radius 2 is 1.94 bits per heavy atom. The third kappa shape index (κ3) is 4.90. The highest BCUT2D eigenvalue weighted by Crippen LogP contribution is 2.19. The fourth-order valence-electron chi connectivity index (χ4n) is 1.42. The minimum atomic E-state index is 0.266. The molecule has 1 rings (SSSR count). The van der Waals surface area contributed by atoms with Gasteiger partial charge in [0.2, 0.25) is 0 Å². The van der Waals surface area contributed by atoms with Crippen LogP contribution in [0.25, 0.3) is 0 Å². The second-order valence-electron chi connectivity index (χ2n) is 4.90. The van der Waals surface area contributed by atoms with Crippen LogP contribution in [0.3, 0.4) is 0 Å². The van der Waals surface area contributed by atoms with E-state index in [9.17, 15) is 0 Å². The summed E-state index contributed by atoms with van der Waals surface area (Å²) in [7, 11) is 2.02. The second-order valence-corrected chi connectivity index (χ2v) is 5.72. The third-order valence-electron chi connectivity index (χ3n) is 2.48. The van der Waals surface area contributed by atoms with Crippen molar-refractivity contribution in [3.8, 4) is 0 Å². The number of aromatic nitrogens is 2. The molecule has 18 heavy (non-hydrogen) atoms. The fourth-order valence-corrected chi connectivity index (χ4v) is 1.80. The molecule has 0 fully saturated rings. The average molecular weight is 316 g/mol. The lowest BCUT2D eigenvalue weighted by atomic mass is 10.2. The van der Waals surface area contributed by atoms with E-state index in [1.54, 1.807) is 0 Å². The van der Waals surface area contributed by atoms with Crippen LogP contribution in [-0.2, 0) is 4.74 Å². The maximum absolute atomic E-state index is 5.55. The molecule has 0 atom stereocenters. The van der Waals surface area contributed by atoms with Crippen LogP contribution in [0.1, 0.15) is 39.4 Å². The topological polar surface area (TPSA) is 38.2 Å². The number of ether oxygens (including phenoxy) is 1. The molecule has 0 amide bonds. The predicted octanol–water partition coefficient (Wildman–Crippen LogP) is 3.22. The Balaban J connectivity index is 2.69. The lowest BCUT2D eigenvalue weighted by Gasteiger charge is -2.20. The summed E-state index contributed by atoms with van der Waals surface area (Å²) in [6.07, 6.45) is 0.266. The zero-order valence-corrected chi connectivity index (χ0v) is 13.4. The van der Waals surface area contributed by atoms with Gasteiger partial charge in [-0.25, -0.2) is 9.97 Å². The summed E-state index contributed by atoms with van der Waals surface area (Å²) in [5.74, 6) is 2.10. The molecule has 1 aromatic heterocycles. The molecular formula is C13H22BrN3O. The van der Waals surface area contributed by atoms with Crippen LogP contribution in [-0.4, -0.2) is 36.3 Å². The summed E-state index contributed by atoms with van der Waals surface area (Å²) >= 11 is 3.43. The van der Waals surface area contributed by atoms with Crippen LogP contribution in [0.4, 0.5) is 5.82 Å². The molecule has 5 heteroatoms. The van der Waals surface area contributed by atoms with E-state index >= 15 is 0 Å². The molecular weight excluding hydrogens is 294 g/mol. The Morgan fingerprint density at radius 3 is 2.50 bits per heavy atom. The highest BCUT2D eigenvalue weighted by Gasteiger charge is 2.10. The van der Waals surface area contributed by atoms with Gasteiger partial charge in [-0.15, -0.1) is 0 Å². The molecule has 0 radical (unpaired) electrons. The maximum Gasteiger partial charge on any atom is 0.134 e. The molecule has 0 aliphatic carbocycles. The number of anilines is 1. The van der Waals surface area contributed by atoms with Crippen molar-refractivity contribution in [3.05, 3.63) is 16.5 Å². The molecule has 0 saturated heterocycles. The van der Waals surface area contributed by atoms with Crippen molar-refractivity contribution in [2.75, 3.05) is 25.1 Å². The highest BCUT2D eigenvalue weighted by atomic mass is 79.9. The van der Waals surface area contributed by atoms with Gasteiger partial charge in [0.05, 0.1) is 12.7 Å². The van der Waals surface area contributed by atoms with E-state index in [0.717, 1.165) is 22.8 Å². The number of likely N-dealkylation sites (N-methyl/N-ethyl adjacent to an activating group) is 1. The molecule has 0 aliphatic heterocycles. The maximum atomic E-state index is 5.55. The summed E-state index contributed by atoms with van der Waals surface area (Å²) < 4.78 is 6.37. The molecule has 1 heterocycles. The van der Waals surface area contributed by atoms with Crippen LogP contribution in [0.2, 0.25) is 0 Å². The van der Waals surface area contributed by atoms with E-state index in [2.05, 4.69) is 44.6 Å². The first-order chi connectivity index (χ1) is 8.40. The standard InChI is InChI=1S/C13H22BrN3O/c1-9(2)13-15-11(14)8-12(16-13)17(5)6-7-18-10(3)4/h8-10H,6-7H2,1-5H3. The molecule has 1 aromatic rings. The van der Waals surface area contributed by atoms with Gasteiger partial charge in [0.1, 0.15) is 16.2 Å². The Labute approximate surface area is 118 Å². The zero-order chi connectivity index (χ0) is 13.7. The summed E-state index contributed by atoms with van der Waals surface area (Å²) in [5.41, 5.74) is 0.